The Balaban J connectivity index is 1.49. The summed E-state index contributed by atoms with van der Waals surface area (Å²) in [5.41, 5.74) is 2.66. The molecule has 0 saturated carbocycles. The molecule has 2 saturated heterocycles. The van der Waals surface area contributed by atoms with Crippen molar-refractivity contribution in [2.75, 3.05) is 45.8 Å². The fraction of sp³-hybridized carbons (Fsp3) is 0.619. The average Bonchev–Trinajstić information content (AvgIpc) is 3.04. The Morgan fingerprint density at radius 1 is 0.867 bits per heavy atom. The molecule has 166 valence electrons. The Morgan fingerprint density at radius 2 is 1.47 bits per heavy atom. The van der Waals surface area contributed by atoms with Crippen molar-refractivity contribution >= 4 is 22.0 Å². The molecule has 0 unspecified atom stereocenters. The highest BCUT2D eigenvalue weighted by Crippen LogP contribution is 2.18. The molecule has 1 N–H and O–H groups in total. The Bertz CT molecular complexity index is 871. The van der Waals surface area contributed by atoms with E-state index in [1.165, 1.54) is 4.31 Å². The van der Waals surface area contributed by atoms with Crippen LogP contribution in [0.1, 0.15) is 47.2 Å². The minimum Gasteiger partial charge on any atom is -0.343 e. The van der Waals surface area contributed by atoms with Gasteiger partial charge in [-0.15, -0.1) is 0 Å². The Kier molecular flexibility index (Phi) is 7.49. The molecule has 8 nitrogen and oxygen atoms in total. The van der Waals surface area contributed by atoms with Crippen LogP contribution in [0.15, 0.2) is 18.2 Å². The van der Waals surface area contributed by atoms with Crippen LogP contribution < -0.4 is 5.32 Å². The van der Waals surface area contributed by atoms with Crippen molar-refractivity contribution in [1.29, 1.82) is 0 Å². The number of benzene rings is 1. The van der Waals surface area contributed by atoms with Gasteiger partial charge in [0, 0.05) is 44.8 Å². The first-order valence-corrected chi connectivity index (χ1v) is 12.1. The van der Waals surface area contributed by atoms with Gasteiger partial charge in [-0.05, 0) is 49.9 Å². The van der Waals surface area contributed by atoms with Crippen LogP contribution in [-0.2, 0) is 15.0 Å². The van der Waals surface area contributed by atoms with E-state index in [0.29, 0.717) is 31.7 Å². The third-order valence-corrected chi connectivity index (χ3v) is 8.01. The highest BCUT2D eigenvalue weighted by atomic mass is 32.2. The van der Waals surface area contributed by atoms with E-state index in [9.17, 15) is 18.0 Å². The van der Waals surface area contributed by atoms with E-state index < -0.39 is 10.2 Å². The predicted molar refractivity (Wildman–Crippen MR) is 115 cm³/mol. The van der Waals surface area contributed by atoms with E-state index in [4.69, 9.17) is 0 Å². The van der Waals surface area contributed by atoms with Gasteiger partial charge < -0.3 is 10.2 Å². The monoisotopic (exact) mass is 436 g/mol. The number of nitrogens with one attached hydrogen (secondary N) is 1. The van der Waals surface area contributed by atoms with Crippen LogP contribution in [0, 0.1) is 13.8 Å². The zero-order chi connectivity index (χ0) is 21.7. The maximum absolute atomic E-state index is 12.9. The van der Waals surface area contributed by atoms with E-state index in [-0.39, 0.29) is 31.4 Å². The first kappa shape index (κ1) is 22.7. The van der Waals surface area contributed by atoms with Crippen molar-refractivity contribution in [3.05, 3.63) is 34.9 Å². The zero-order valence-corrected chi connectivity index (χ0v) is 18.7. The summed E-state index contributed by atoms with van der Waals surface area (Å²) in [5, 5.41) is 2.67. The van der Waals surface area contributed by atoms with Gasteiger partial charge in [0.15, 0.2) is 0 Å². The smallest absolute Gasteiger partial charge is 0.282 e. The predicted octanol–water partition coefficient (Wildman–Crippen LogP) is 1.30. The first-order valence-electron chi connectivity index (χ1n) is 10.7. The first-order chi connectivity index (χ1) is 14.3. The molecule has 0 aromatic heterocycles. The van der Waals surface area contributed by atoms with Crippen LogP contribution in [0.3, 0.4) is 0 Å². The summed E-state index contributed by atoms with van der Waals surface area (Å²) in [4.78, 5) is 26.4. The van der Waals surface area contributed by atoms with Gasteiger partial charge in [0.25, 0.3) is 16.1 Å². The van der Waals surface area contributed by atoms with Gasteiger partial charge >= 0.3 is 0 Å². The third-order valence-electron chi connectivity index (χ3n) is 5.98. The molecule has 3 rings (SSSR count). The molecular formula is C21H32N4O4S. The minimum absolute atomic E-state index is 0.0926. The molecule has 2 amide bonds. The summed E-state index contributed by atoms with van der Waals surface area (Å²) >= 11 is 0. The number of aryl methyl sites for hydroxylation is 2. The zero-order valence-electron chi connectivity index (χ0n) is 17.9. The number of carbonyl (C=O) groups is 2. The van der Waals surface area contributed by atoms with Crippen molar-refractivity contribution in [2.45, 2.75) is 39.5 Å². The second-order valence-corrected chi connectivity index (χ2v) is 10.0. The molecule has 2 fully saturated rings. The maximum Gasteiger partial charge on any atom is 0.282 e. The largest absolute Gasteiger partial charge is 0.343 e. The second-order valence-electron chi connectivity index (χ2n) is 8.08. The normalized spacial score (nSPS) is 19.3. The van der Waals surface area contributed by atoms with Crippen LogP contribution in [-0.4, -0.2) is 79.6 Å². The maximum atomic E-state index is 12.9. The van der Waals surface area contributed by atoms with Gasteiger partial charge in [-0.3, -0.25) is 9.59 Å². The number of piperazine rings is 1. The summed E-state index contributed by atoms with van der Waals surface area (Å²) in [5.74, 6) is -0.479. The van der Waals surface area contributed by atoms with Gasteiger partial charge in [-0.1, -0.05) is 18.9 Å². The van der Waals surface area contributed by atoms with Crippen molar-refractivity contribution in [3.8, 4) is 0 Å². The summed E-state index contributed by atoms with van der Waals surface area (Å²) in [6.07, 6.45) is 3.94. The molecule has 1 aromatic carbocycles. The molecule has 2 aliphatic rings. The summed E-state index contributed by atoms with van der Waals surface area (Å²) in [7, 11) is -3.47. The number of carbonyl (C=O) groups excluding carboxylic acids is 2. The Labute approximate surface area is 179 Å². The quantitative estimate of drug-likeness (QED) is 0.753. The number of hydrogen-bond donors (Lipinski definition) is 1. The number of nitrogens with zero attached hydrogens (tertiary/aromatic N) is 3. The summed E-state index contributed by atoms with van der Waals surface area (Å²) < 4.78 is 28.8. The Morgan fingerprint density at radius 3 is 2.07 bits per heavy atom. The van der Waals surface area contributed by atoms with Gasteiger partial charge in [-0.2, -0.15) is 17.0 Å². The molecule has 30 heavy (non-hydrogen) atoms. The molecule has 0 atom stereocenters. The lowest BCUT2D eigenvalue weighted by molar-refractivity contribution is -0.131. The van der Waals surface area contributed by atoms with Crippen molar-refractivity contribution < 1.29 is 18.0 Å². The van der Waals surface area contributed by atoms with Crippen LogP contribution in [0.2, 0.25) is 0 Å². The third kappa shape index (κ3) is 5.39. The molecule has 0 spiro atoms. The van der Waals surface area contributed by atoms with Gasteiger partial charge in [0.2, 0.25) is 5.91 Å². The molecular weight excluding hydrogens is 404 g/mol. The highest BCUT2D eigenvalue weighted by Gasteiger charge is 2.33. The van der Waals surface area contributed by atoms with Crippen LogP contribution in [0.4, 0.5) is 0 Å². The molecule has 2 heterocycles. The fourth-order valence-corrected chi connectivity index (χ4v) is 5.53. The number of rotatable bonds is 5. The highest BCUT2D eigenvalue weighted by molar-refractivity contribution is 7.86. The summed E-state index contributed by atoms with van der Waals surface area (Å²) in [6, 6.07) is 5.44. The second kappa shape index (κ2) is 9.89. The van der Waals surface area contributed by atoms with E-state index in [1.54, 1.807) is 15.3 Å². The van der Waals surface area contributed by atoms with Gasteiger partial charge in [-0.25, -0.2) is 0 Å². The molecule has 0 bridgehead atoms. The molecule has 1 aromatic rings. The lowest BCUT2D eigenvalue weighted by Crippen LogP contribution is -2.55. The van der Waals surface area contributed by atoms with Crippen LogP contribution in [0.25, 0.3) is 0 Å². The van der Waals surface area contributed by atoms with Gasteiger partial charge in [0.1, 0.15) is 0 Å². The van der Waals surface area contributed by atoms with Gasteiger partial charge in [0.05, 0.1) is 6.54 Å². The van der Waals surface area contributed by atoms with E-state index in [0.717, 1.165) is 36.8 Å². The van der Waals surface area contributed by atoms with E-state index >= 15 is 0 Å². The molecule has 0 aliphatic carbocycles. The Hall–Kier alpha value is -1.97. The lowest BCUT2D eigenvalue weighted by atomic mass is 10.1. The van der Waals surface area contributed by atoms with Crippen LogP contribution in [0.5, 0.6) is 0 Å². The van der Waals surface area contributed by atoms with Crippen LogP contribution >= 0.6 is 0 Å². The molecule has 0 radical (unpaired) electrons. The SMILES string of the molecule is Cc1ccc(C(=O)NCC(=O)N2CCN(S(=O)(=O)N3CCCCCC3)CC2)cc1C. The minimum atomic E-state index is -3.47. The summed E-state index contributed by atoms with van der Waals surface area (Å²) in [6.45, 7) is 6.23. The number of amides is 2. The van der Waals surface area contributed by atoms with Crippen molar-refractivity contribution in [3.63, 3.8) is 0 Å². The number of hydrogen-bond acceptors (Lipinski definition) is 4. The lowest BCUT2D eigenvalue weighted by Gasteiger charge is -2.36. The van der Waals surface area contributed by atoms with E-state index in [1.807, 2.05) is 26.0 Å². The van der Waals surface area contributed by atoms with E-state index in [2.05, 4.69) is 5.32 Å². The average molecular weight is 437 g/mol. The van der Waals surface area contributed by atoms with Crippen molar-refractivity contribution in [1.82, 2.24) is 18.8 Å². The fourth-order valence-electron chi connectivity index (χ4n) is 3.86. The standard InChI is InChI=1S/C21H32N4O4S/c1-17-7-8-19(15-18(17)2)21(27)22-16-20(26)23-11-13-25(14-12-23)30(28,29)24-9-5-3-4-6-10-24/h7-8,15H,3-6,9-14,16H2,1-2H3,(H,22,27). The molecule has 2 aliphatic heterocycles. The van der Waals surface area contributed by atoms with Crippen molar-refractivity contribution in [2.24, 2.45) is 0 Å². The topological polar surface area (TPSA) is 90.0 Å². The molecule has 9 heteroatoms.